The molecule has 0 fully saturated rings. The van der Waals surface area contributed by atoms with Crippen LogP contribution in [0.25, 0.3) is 0 Å². The molecule has 7 heteroatoms. The van der Waals surface area contributed by atoms with Gasteiger partial charge in [0.15, 0.2) is 23.1 Å². The lowest BCUT2D eigenvalue weighted by Crippen LogP contribution is -2.43. The summed E-state index contributed by atoms with van der Waals surface area (Å²) < 4.78 is 36.8. The van der Waals surface area contributed by atoms with Gasteiger partial charge in [0, 0.05) is 18.5 Å². The molecule has 2 aromatic rings. The van der Waals surface area contributed by atoms with Crippen molar-refractivity contribution >= 4 is 5.97 Å². The molecule has 0 radical (unpaired) electrons. The first-order valence-electron chi connectivity index (χ1n) is 11.3. The maximum atomic E-state index is 13.7. The summed E-state index contributed by atoms with van der Waals surface area (Å²) in [4.78, 5) is 14.7. The Labute approximate surface area is 192 Å². The Morgan fingerprint density at radius 3 is 2.91 bits per heavy atom. The van der Waals surface area contributed by atoms with Gasteiger partial charge in [-0.3, -0.25) is 4.79 Å². The number of carbonyl (C=O) groups is 1. The van der Waals surface area contributed by atoms with Gasteiger partial charge in [-0.05, 0) is 49.9 Å². The average Bonchev–Trinajstić information content (AvgIpc) is 3.06. The predicted molar refractivity (Wildman–Crippen MR) is 120 cm³/mol. The first-order chi connectivity index (χ1) is 16.0. The number of halogens is 1. The summed E-state index contributed by atoms with van der Waals surface area (Å²) in [6, 6.07) is 10.2. The smallest absolute Gasteiger partial charge is 0.309 e. The minimum atomic E-state index is -0.451. The zero-order valence-corrected chi connectivity index (χ0v) is 18.9. The second-order valence-electron chi connectivity index (χ2n) is 8.92. The van der Waals surface area contributed by atoms with Gasteiger partial charge in [-0.15, -0.1) is 0 Å². The Kier molecular flexibility index (Phi) is 5.74. The van der Waals surface area contributed by atoms with Crippen molar-refractivity contribution in [3.05, 3.63) is 65.5 Å². The van der Waals surface area contributed by atoms with Gasteiger partial charge in [0.1, 0.15) is 12.2 Å². The zero-order valence-electron chi connectivity index (χ0n) is 18.9. The fraction of sp³-hybridized carbons (Fsp3) is 0.423. The topological polar surface area (TPSA) is 57.2 Å². The van der Waals surface area contributed by atoms with E-state index in [0.29, 0.717) is 6.42 Å². The van der Waals surface area contributed by atoms with Crippen LogP contribution in [0.2, 0.25) is 0 Å². The number of methoxy groups -OCH3 is 1. The van der Waals surface area contributed by atoms with Crippen molar-refractivity contribution in [2.45, 2.75) is 43.4 Å². The van der Waals surface area contributed by atoms with Crippen molar-refractivity contribution in [3.8, 4) is 17.2 Å². The molecule has 1 spiro atoms. The maximum absolute atomic E-state index is 13.7. The van der Waals surface area contributed by atoms with Crippen LogP contribution in [0.4, 0.5) is 4.39 Å². The van der Waals surface area contributed by atoms with Gasteiger partial charge in [-0.1, -0.05) is 24.3 Å². The summed E-state index contributed by atoms with van der Waals surface area (Å²) in [5.74, 6) is 0.842. The molecule has 0 saturated heterocycles. The molecule has 2 heterocycles. The highest BCUT2D eigenvalue weighted by Crippen LogP contribution is 2.55. The van der Waals surface area contributed by atoms with E-state index in [2.05, 4.69) is 24.1 Å². The number of ether oxygens (including phenoxy) is 4. The molecule has 0 saturated carbocycles. The summed E-state index contributed by atoms with van der Waals surface area (Å²) in [5, 5.41) is 0. The predicted octanol–water partition coefficient (Wildman–Crippen LogP) is 4.01. The standard InChI is InChI=1S/C26H28FNO5/c1-28-13-12-26-11-9-18(32-23(29)10-14-31-20-6-4-3-5-19(20)27)15-22(26)33-25-21(30-2)8-7-17(16-28)24(25)26/h3-9,11,18,22H,10,12-16H2,1-2H3/t18?,22?,26-/m0/s1. The van der Waals surface area contributed by atoms with Gasteiger partial charge in [0.05, 0.1) is 25.6 Å². The molecular weight excluding hydrogens is 425 g/mol. The summed E-state index contributed by atoms with van der Waals surface area (Å²) in [7, 11) is 3.79. The second-order valence-corrected chi connectivity index (χ2v) is 8.92. The van der Waals surface area contributed by atoms with Crippen molar-refractivity contribution in [3.63, 3.8) is 0 Å². The lowest BCUT2D eigenvalue weighted by Gasteiger charge is -2.36. The highest BCUT2D eigenvalue weighted by atomic mass is 19.1. The lowest BCUT2D eigenvalue weighted by molar-refractivity contribution is -0.149. The summed E-state index contributed by atoms with van der Waals surface area (Å²) in [5.41, 5.74) is 2.20. The number of hydrogen-bond acceptors (Lipinski definition) is 6. The van der Waals surface area contributed by atoms with Gasteiger partial charge < -0.3 is 23.8 Å². The zero-order chi connectivity index (χ0) is 23.0. The number of benzene rings is 2. The van der Waals surface area contributed by atoms with E-state index in [-0.39, 0.29) is 42.4 Å². The molecule has 174 valence electrons. The third kappa shape index (κ3) is 3.95. The molecule has 2 aromatic carbocycles. The molecule has 0 aromatic heterocycles. The van der Waals surface area contributed by atoms with Crippen LogP contribution in [-0.2, 0) is 21.5 Å². The van der Waals surface area contributed by atoms with Crippen molar-refractivity contribution in [2.75, 3.05) is 27.3 Å². The van der Waals surface area contributed by atoms with E-state index in [4.69, 9.17) is 18.9 Å². The third-order valence-electron chi connectivity index (χ3n) is 6.81. The molecular formula is C26H28FNO5. The largest absolute Gasteiger partial charge is 0.493 e. The normalized spacial score (nSPS) is 25.4. The van der Waals surface area contributed by atoms with Crippen LogP contribution in [0, 0.1) is 5.82 Å². The summed E-state index contributed by atoms with van der Waals surface area (Å²) in [6.07, 6.45) is 5.17. The van der Waals surface area contributed by atoms with E-state index in [9.17, 15) is 9.18 Å². The quantitative estimate of drug-likeness (QED) is 0.487. The second kappa shape index (κ2) is 8.71. The van der Waals surface area contributed by atoms with Crippen LogP contribution in [0.5, 0.6) is 17.2 Å². The van der Waals surface area contributed by atoms with Gasteiger partial charge >= 0.3 is 5.97 Å². The Morgan fingerprint density at radius 1 is 1.24 bits per heavy atom. The molecule has 0 amide bonds. The van der Waals surface area contributed by atoms with Gasteiger partial charge in [0.25, 0.3) is 0 Å². The molecule has 5 rings (SSSR count). The van der Waals surface area contributed by atoms with Crippen LogP contribution in [-0.4, -0.2) is 50.4 Å². The van der Waals surface area contributed by atoms with Crippen LogP contribution in [0.3, 0.4) is 0 Å². The monoisotopic (exact) mass is 453 g/mol. The minimum Gasteiger partial charge on any atom is -0.493 e. The SMILES string of the molecule is COc1ccc2c3c1OC1CC(OC(=O)CCOc4ccccc4F)C=C[C@@]31CCN(C)C2. The average molecular weight is 454 g/mol. The molecule has 3 atom stereocenters. The number of esters is 1. The maximum Gasteiger partial charge on any atom is 0.309 e. The number of hydrogen-bond donors (Lipinski definition) is 0. The highest BCUT2D eigenvalue weighted by molar-refractivity contribution is 5.70. The fourth-order valence-corrected chi connectivity index (χ4v) is 5.19. The highest BCUT2D eigenvalue weighted by Gasteiger charge is 2.53. The molecule has 2 unspecified atom stereocenters. The van der Waals surface area contributed by atoms with E-state index in [1.54, 1.807) is 19.2 Å². The van der Waals surface area contributed by atoms with E-state index < -0.39 is 5.82 Å². The van der Waals surface area contributed by atoms with E-state index >= 15 is 0 Å². The summed E-state index contributed by atoms with van der Waals surface area (Å²) in [6.45, 7) is 1.86. The van der Waals surface area contributed by atoms with E-state index in [0.717, 1.165) is 31.0 Å². The van der Waals surface area contributed by atoms with Gasteiger partial charge in [-0.25, -0.2) is 4.39 Å². The molecule has 2 aliphatic heterocycles. The Balaban J connectivity index is 1.28. The molecule has 6 nitrogen and oxygen atoms in total. The fourth-order valence-electron chi connectivity index (χ4n) is 5.19. The van der Waals surface area contributed by atoms with Crippen LogP contribution in [0.15, 0.2) is 48.6 Å². The Bertz CT molecular complexity index is 1090. The van der Waals surface area contributed by atoms with Crippen LogP contribution >= 0.6 is 0 Å². The van der Waals surface area contributed by atoms with Crippen molar-refractivity contribution in [1.29, 1.82) is 0 Å². The molecule has 33 heavy (non-hydrogen) atoms. The van der Waals surface area contributed by atoms with Crippen molar-refractivity contribution in [1.82, 2.24) is 4.90 Å². The van der Waals surface area contributed by atoms with Crippen molar-refractivity contribution in [2.24, 2.45) is 0 Å². The van der Waals surface area contributed by atoms with E-state index in [1.807, 2.05) is 12.1 Å². The number of rotatable bonds is 6. The molecule has 0 N–H and O–H groups in total. The van der Waals surface area contributed by atoms with Gasteiger partial charge in [-0.2, -0.15) is 0 Å². The molecule has 3 aliphatic rings. The van der Waals surface area contributed by atoms with Crippen LogP contribution < -0.4 is 14.2 Å². The molecule has 1 aliphatic carbocycles. The Morgan fingerprint density at radius 2 is 2.09 bits per heavy atom. The Hall–Kier alpha value is -3.06. The van der Waals surface area contributed by atoms with Crippen LogP contribution in [0.1, 0.15) is 30.4 Å². The van der Waals surface area contributed by atoms with Gasteiger partial charge in [0.2, 0.25) is 0 Å². The first kappa shape index (κ1) is 21.8. The summed E-state index contributed by atoms with van der Waals surface area (Å²) >= 11 is 0. The number of nitrogens with zero attached hydrogens (tertiary/aromatic N) is 1. The minimum absolute atomic E-state index is 0.0400. The van der Waals surface area contributed by atoms with E-state index in [1.165, 1.54) is 23.3 Å². The lowest BCUT2D eigenvalue weighted by atomic mass is 9.69. The number of para-hydroxylation sites is 1. The molecule has 0 bridgehead atoms. The number of carbonyl (C=O) groups excluding carboxylic acids is 1. The van der Waals surface area contributed by atoms with Crippen molar-refractivity contribution < 1.29 is 28.1 Å². The third-order valence-corrected chi connectivity index (χ3v) is 6.81. The first-order valence-corrected chi connectivity index (χ1v) is 11.3.